The van der Waals surface area contributed by atoms with Crippen LogP contribution in [0.25, 0.3) is 0 Å². The van der Waals surface area contributed by atoms with Crippen molar-refractivity contribution in [3.05, 3.63) is 52.5 Å². The molecule has 2 aromatic carbocycles. The van der Waals surface area contributed by atoms with Gasteiger partial charge in [0.1, 0.15) is 0 Å². The van der Waals surface area contributed by atoms with Gasteiger partial charge >= 0.3 is 6.09 Å². The van der Waals surface area contributed by atoms with Gasteiger partial charge in [0.15, 0.2) is 11.5 Å². The van der Waals surface area contributed by atoms with Gasteiger partial charge in [0, 0.05) is 48.4 Å². The summed E-state index contributed by atoms with van der Waals surface area (Å²) < 4.78 is 5.96. The van der Waals surface area contributed by atoms with E-state index in [2.05, 4.69) is 20.8 Å². The molecule has 0 radical (unpaired) electrons. The summed E-state index contributed by atoms with van der Waals surface area (Å²) in [4.78, 5) is 14.4. The first-order valence-electron chi connectivity index (χ1n) is 8.47. The zero-order valence-corrected chi connectivity index (χ0v) is 17.9. The summed E-state index contributed by atoms with van der Waals surface area (Å²) in [5, 5.41) is 19.0. The predicted molar refractivity (Wildman–Crippen MR) is 115 cm³/mol. The van der Waals surface area contributed by atoms with Crippen LogP contribution in [0.2, 0.25) is 0 Å². The van der Waals surface area contributed by atoms with E-state index in [9.17, 15) is 9.90 Å². The lowest BCUT2D eigenvalue weighted by atomic mass is 10.1. The fourth-order valence-corrected chi connectivity index (χ4v) is 3.18. The van der Waals surface area contributed by atoms with Crippen LogP contribution in [-0.4, -0.2) is 59.4 Å². The monoisotopic (exact) mass is 473 g/mol. The number of anilines is 1. The minimum Gasteiger partial charge on any atom is -0.504 e. The maximum atomic E-state index is 10.8. The molecule has 1 amide bonds. The second kappa shape index (κ2) is 11.6. The first kappa shape index (κ1) is 23.9. The number of hydrogen-bond donors (Lipinski definition) is 3. The topological polar surface area (TPSA) is 99.3 Å². The number of benzene rings is 2. The number of ether oxygens (including phenoxy) is 1. The number of para-hydroxylation sites is 1. The van der Waals surface area contributed by atoms with Gasteiger partial charge in [-0.2, -0.15) is 0 Å². The number of nitrogens with zero attached hydrogens (tertiary/aromatic N) is 2. The summed E-state index contributed by atoms with van der Waals surface area (Å²) >= 11 is 3.39. The number of methoxy groups -OCH3 is 1. The van der Waals surface area contributed by atoms with Gasteiger partial charge in [0.25, 0.3) is 0 Å². The summed E-state index contributed by atoms with van der Waals surface area (Å²) in [6.45, 7) is 2.85. The van der Waals surface area contributed by atoms with Crippen LogP contribution in [0.3, 0.4) is 0 Å². The lowest BCUT2D eigenvalue weighted by Gasteiger charge is -2.33. The number of piperazine rings is 1. The van der Waals surface area contributed by atoms with Gasteiger partial charge in [-0.05, 0) is 24.3 Å². The summed E-state index contributed by atoms with van der Waals surface area (Å²) in [6.07, 6.45) is -0.878. The summed E-state index contributed by atoms with van der Waals surface area (Å²) in [5.41, 5.74) is 6.94. The average molecular weight is 475 g/mol. The van der Waals surface area contributed by atoms with Gasteiger partial charge in [-0.3, -0.25) is 4.90 Å². The maximum Gasteiger partial charge on any atom is 0.407 e. The molecule has 1 saturated heterocycles. The predicted octanol–water partition coefficient (Wildman–Crippen LogP) is 3.65. The third-order valence-corrected chi connectivity index (χ3v) is 4.63. The Hall–Kier alpha value is -2.16. The van der Waals surface area contributed by atoms with Gasteiger partial charge in [0.05, 0.1) is 7.11 Å². The molecule has 1 aliphatic rings. The van der Waals surface area contributed by atoms with Crippen LogP contribution in [0.15, 0.2) is 46.9 Å². The van der Waals surface area contributed by atoms with E-state index in [1.807, 2.05) is 36.4 Å². The normalized spacial score (nSPS) is 13.7. The number of carboxylic acid groups (broad SMARTS) is 1. The van der Waals surface area contributed by atoms with E-state index in [1.165, 1.54) is 12.0 Å². The van der Waals surface area contributed by atoms with Crippen LogP contribution >= 0.6 is 28.3 Å². The highest BCUT2D eigenvalue weighted by Crippen LogP contribution is 2.34. The van der Waals surface area contributed by atoms with Crippen molar-refractivity contribution in [3.63, 3.8) is 0 Å². The van der Waals surface area contributed by atoms with E-state index in [0.717, 1.165) is 15.7 Å². The number of halogens is 2. The summed E-state index contributed by atoms with van der Waals surface area (Å²) in [7, 11) is 1.51. The van der Waals surface area contributed by atoms with Gasteiger partial charge in [0.2, 0.25) is 0 Å². The number of amides is 1. The van der Waals surface area contributed by atoms with Crippen LogP contribution in [-0.2, 0) is 6.54 Å². The van der Waals surface area contributed by atoms with Gasteiger partial charge in [-0.15, -0.1) is 12.4 Å². The minimum atomic E-state index is -0.878. The molecular formula is C19H25BrClN3O4. The second-order valence-corrected chi connectivity index (χ2v) is 6.99. The molecule has 0 aliphatic carbocycles. The van der Waals surface area contributed by atoms with Crippen molar-refractivity contribution in [2.24, 2.45) is 0 Å². The molecule has 0 bridgehead atoms. The highest BCUT2D eigenvalue weighted by molar-refractivity contribution is 9.10. The highest BCUT2D eigenvalue weighted by atomic mass is 79.9. The third kappa shape index (κ3) is 7.10. The Bertz CT molecular complexity index is 756. The Morgan fingerprint density at radius 1 is 1.18 bits per heavy atom. The van der Waals surface area contributed by atoms with Gasteiger partial charge in [-0.1, -0.05) is 34.1 Å². The molecule has 1 fully saturated rings. The molecule has 3 rings (SSSR count). The van der Waals surface area contributed by atoms with E-state index in [-0.39, 0.29) is 18.2 Å². The SMILES string of the molecule is COc1cc(Br)cc(CN2CCN(C(=O)O)CC2)c1O.Cl.Nc1ccccc1. The van der Waals surface area contributed by atoms with Crippen molar-refractivity contribution in [2.75, 3.05) is 39.0 Å². The average Bonchev–Trinajstić information content (AvgIpc) is 2.66. The van der Waals surface area contributed by atoms with Crippen molar-refractivity contribution in [1.29, 1.82) is 0 Å². The number of nitrogens with two attached hydrogens (primary N) is 1. The molecule has 7 nitrogen and oxygen atoms in total. The molecule has 4 N–H and O–H groups in total. The molecule has 0 unspecified atom stereocenters. The van der Waals surface area contributed by atoms with Crippen LogP contribution in [0.5, 0.6) is 11.5 Å². The second-order valence-electron chi connectivity index (χ2n) is 6.07. The highest BCUT2D eigenvalue weighted by Gasteiger charge is 2.21. The molecule has 1 aliphatic heterocycles. The number of hydrogen-bond acceptors (Lipinski definition) is 5. The van der Waals surface area contributed by atoms with E-state index in [4.69, 9.17) is 15.6 Å². The lowest BCUT2D eigenvalue weighted by molar-refractivity contribution is 0.102. The molecule has 1 heterocycles. The number of rotatable bonds is 3. The van der Waals surface area contributed by atoms with Crippen molar-refractivity contribution in [3.8, 4) is 11.5 Å². The molecule has 2 aromatic rings. The Morgan fingerprint density at radius 2 is 1.79 bits per heavy atom. The molecule has 9 heteroatoms. The fourth-order valence-electron chi connectivity index (χ4n) is 2.70. The Balaban J connectivity index is 0.000000414. The zero-order valence-electron chi connectivity index (χ0n) is 15.5. The third-order valence-electron chi connectivity index (χ3n) is 4.17. The number of nitrogen functional groups attached to an aromatic ring is 1. The van der Waals surface area contributed by atoms with Crippen LogP contribution in [0.4, 0.5) is 10.5 Å². The van der Waals surface area contributed by atoms with Crippen LogP contribution in [0.1, 0.15) is 5.56 Å². The quantitative estimate of drug-likeness (QED) is 0.587. The molecule has 0 saturated carbocycles. The summed E-state index contributed by atoms with van der Waals surface area (Å²) in [5.74, 6) is 0.565. The van der Waals surface area contributed by atoms with E-state index >= 15 is 0 Å². The molecule has 28 heavy (non-hydrogen) atoms. The van der Waals surface area contributed by atoms with Crippen molar-refractivity contribution in [2.45, 2.75) is 6.54 Å². The van der Waals surface area contributed by atoms with Crippen molar-refractivity contribution in [1.82, 2.24) is 9.80 Å². The Labute approximate surface area is 179 Å². The number of phenolic OH excluding ortho intramolecular Hbond substituents is 1. The first-order valence-corrected chi connectivity index (χ1v) is 9.26. The number of phenols is 1. The molecule has 0 aromatic heterocycles. The van der Waals surface area contributed by atoms with E-state index in [0.29, 0.717) is 38.5 Å². The zero-order chi connectivity index (χ0) is 19.8. The molecule has 0 atom stereocenters. The smallest absolute Gasteiger partial charge is 0.407 e. The van der Waals surface area contributed by atoms with E-state index < -0.39 is 6.09 Å². The first-order chi connectivity index (χ1) is 12.9. The molecular weight excluding hydrogens is 450 g/mol. The molecule has 0 spiro atoms. The van der Waals surface area contributed by atoms with Crippen molar-refractivity contribution < 1.29 is 19.7 Å². The van der Waals surface area contributed by atoms with Gasteiger partial charge < -0.3 is 25.6 Å². The maximum absolute atomic E-state index is 10.8. The van der Waals surface area contributed by atoms with Crippen molar-refractivity contribution >= 4 is 40.1 Å². The summed E-state index contributed by atoms with van der Waals surface area (Å²) in [6, 6.07) is 13.0. The van der Waals surface area contributed by atoms with Crippen LogP contribution in [0, 0.1) is 0 Å². The Kier molecular flexibility index (Phi) is 9.92. The molecule has 154 valence electrons. The standard InChI is InChI=1S/C13H17BrN2O4.C6H7N.ClH/c1-20-11-7-10(14)6-9(12(11)17)8-15-2-4-16(5-3-15)13(18)19;7-6-4-2-1-3-5-6;/h6-7,17H,2-5,8H2,1H3,(H,18,19);1-5H,7H2;1H. The largest absolute Gasteiger partial charge is 0.504 e. The lowest BCUT2D eigenvalue weighted by Crippen LogP contribution is -2.47. The van der Waals surface area contributed by atoms with Gasteiger partial charge in [-0.25, -0.2) is 4.79 Å². The van der Waals surface area contributed by atoms with Crippen LogP contribution < -0.4 is 10.5 Å². The number of carbonyl (C=O) groups is 1. The minimum absolute atomic E-state index is 0. The fraction of sp³-hybridized carbons (Fsp3) is 0.316. The Morgan fingerprint density at radius 3 is 2.25 bits per heavy atom. The van der Waals surface area contributed by atoms with E-state index in [1.54, 1.807) is 6.07 Å². The number of aromatic hydroxyl groups is 1.